The number of likely N-dealkylation sites (tertiary alicyclic amines) is 1. The van der Waals surface area contributed by atoms with Crippen molar-refractivity contribution >= 4 is 17.4 Å². The number of nitriles is 1. The highest BCUT2D eigenvalue weighted by Crippen LogP contribution is 2.31. The van der Waals surface area contributed by atoms with E-state index in [9.17, 15) is 18.8 Å². The van der Waals surface area contributed by atoms with E-state index in [4.69, 9.17) is 5.73 Å². The molecule has 1 aromatic carbocycles. The second kappa shape index (κ2) is 9.11. The minimum absolute atomic E-state index is 0.172. The van der Waals surface area contributed by atoms with E-state index in [0.717, 1.165) is 0 Å². The van der Waals surface area contributed by atoms with Gasteiger partial charge < -0.3 is 11.1 Å². The molecule has 4 rings (SSSR count). The van der Waals surface area contributed by atoms with Gasteiger partial charge in [0.2, 0.25) is 5.95 Å². The smallest absolute Gasteiger partial charge is 0.254 e. The fraction of sp³-hybridized carbons (Fsp3) is 0.273. The number of carbonyl (C=O) groups is 1. The van der Waals surface area contributed by atoms with Gasteiger partial charge in [-0.15, -0.1) is 0 Å². The third kappa shape index (κ3) is 4.58. The first-order chi connectivity index (χ1) is 15.4. The normalized spacial score (nSPS) is 18.8. The Hall–Kier alpha value is -3.84. The van der Waals surface area contributed by atoms with E-state index < -0.39 is 17.8 Å². The molecule has 0 radical (unpaired) electrons. The van der Waals surface area contributed by atoms with E-state index in [0.29, 0.717) is 37.3 Å². The molecule has 3 heterocycles. The lowest BCUT2D eigenvalue weighted by Crippen LogP contribution is -2.40. The summed E-state index contributed by atoms with van der Waals surface area (Å²) in [7, 11) is 0. The van der Waals surface area contributed by atoms with Gasteiger partial charge in [0.05, 0.1) is 18.0 Å². The molecule has 2 atom stereocenters. The Balaban J connectivity index is 1.52. The number of rotatable bonds is 6. The summed E-state index contributed by atoms with van der Waals surface area (Å²) in [6, 6.07) is 11.0. The third-order valence-electron chi connectivity index (χ3n) is 5.50. The molecule has 0 unspecified atom stereocenters. The monoisotopic (exact) mass is 437 g/mol. The maximum atomic E-state index is 13.9. The van der Waals surface area contributed by atoms with Crippen LogP contribution in [0.3, 0.4) is 0 Å². The number of aromatic nitrogens is 3. The number of anilines is 2. The number of primary amides is 1. The van der Waals surface area contributed by atoms with E-state index in [1.165, 1.54) is 36.7 Å². The number of piperidine rings is 1. The zero-order chi connectivity index (χ0) is 22.7. The van der Waals surface area contributed by atoms with Crippen LogP contribution in [0.15, 0.2) is 48.8 Å². The largest absolute Gasteiger partial charge is 0.365 e. The van der Waals surface area contributed by atoms with Crippen LogP contribution in [0.25, 0.3) is 0 Å². The number of carbonyl (C=O) groups excluding carboxylic acids is 1. The Morgan fingerprint density at radius 1 is 1.28 bits per heavy atom. The first-order valence-corrected chi connectivity index (χ1v) is 10.1. The van der Waals surface area contributed by atoms with E-state index in [-0.39, 0.29) is 23.2 Å². The lowest BCUT2D eigenvalue weighted by atomic mass is 9.93. The van der Waals surface area contributed by atoms with Gasteiger partial charge in [-0.3, -0.25) is 14.4 Å². The second-order valence-electron chi connectivity index (χ2n) is 7.65. The van der Waals surface area contributed by atoms with Crippen LogP contribution in [0.2, 0.25) is 0 Å². The Kier molecular flexibility index (Phi) is 6.09. The van der Waals surface area contributed by atoms with Crippen molar-refractivity contribution < 1.29 is 13.6 Å². The van der Waals surface area contributed by atoms with Crippen molar-refractivity contribution in [1.29, 1.82) is 5.26 Å². The van der Waals surface area contributed by atoms with Crippen LogP contribution in [0.4, 0.5) is 20.3 Å². The molecule has 1 aliphatic rings. The molecule has 1 fully saturated rings. The van der Waals surface area contributed by atoms with Gasteiger partial charge in [-0.1, -0.05) is 6.07 Å². The Morgan fingerprint density at radius 3 is 2.75 bits per heavy atom. The van der Waals surface area contributed by atoms with Gasteiger partial charge in [-0.05, 0) is 36.8 Å². The standard InChI is InChI=1S/C22H21F2N7O/c23-16-3-5-17(6-4-16)28-22-18(21(26)32)13-31(29-22)19-7-9-30(12-15(19)10-25)11-14-2-1-8-27-20(14)24/h1-6,8,13,15,19H,7,9,11-12H2,(H2,26,32)(H,28,29)/t15-,19+/m0/s1. The predicted octanol–water partition coefficient (Wildman–Crippen LogP) is 2.99. The molecule has 1 amide bonds. The molecule has 0 bridgehead atoms. The summed E-state index contributed by atoms with van der Waals surface area (Å²) in [5.41, 5.74) is 6.71. The van der Waals surface area contributed by atoms with Crippen LogP contribution in [0, 0.1) is 29.0 Å². The van der Waals surface area contributed by atoms with Crippen molar-refractivity contribution in [3.63, 3.8) is 0 Å². The molecule has 0 spiro atoms. The van der Waals surface area contributed by atoms with Crippen molar-refractivity contribution in [3.8, 4) is 6.07 Å². The van der Waals surface area contributed by atoms with Crippen molar-refractivity contribution in [2.24, 2.45) is 11.7 Å². The third-order valence-corrected chi connectivity index (χ3v) is 5.50. The molecule has 32 heavy (non-hydrogen) atoms. The molecular weight excluding hydrogens is 416 g/mol. The van der Waals surface area contributed by atoms with Crippen LogP contribution in [-0.4, -0.2) is 38.7 Å². The molecule has 0 saturated carbocycles. The second-order valence-corrected chi connectivity index (χ2v) is 7.65. The van der Waals surface area contributed by atoms with E-state index in [1.807, 2.05) is 4.90 Å². The van der Waals surface area contributed by atoms with Crippen LogP contribution in [0.5, 0.6) is 0 Å². The number of pyridine rings is 1. The maximum absolute atomic E-state index is 13.9. The lowest BCUT2D eigenvalue weighted by molar-refractivity contribution is 0.100. The molecule has 164 valence electrons. The van der Waals surface area contributed by atoms with Crippen LogP contribution in [-0.2, 0) is 6.54 Å². The highest BCUT2D eigenvalue weighted by Gasteiger charge is 2.32. The summed E-state index contributed by atoms with van der Waals surface area (Å²) < 4.78 is 28.7. The zero-order valence-corrected chi connectivity index (χ0v) is 17.1. The summed E-state index contributed by atoms with van der Waals surface area (Å²) in [6.07, 6.45) is 3.50. The van der Waals surface area contributed by atoms with Crippen molar-refractivity contribution in [1.82, 2.24) is 19.7 Å². The van der Waals surface area contributed by atoms with E-state index in [2.05, 4.69) is 21.5 Å². The highest BCUT2D eigenvalue weighted by atomic mass is 19.1. The summed E-state index contributed by atoms with van der Waals surface area (Å²) in [5, 5.41) is 17.2. The summed E-state index contributed by atoms with van der Waals surface area (Å²) >= 11 is 0. The van der Waals surface area contributed by atoms with Crippen LogP contribution < -0.4 is 11.1 Å². The Bertz CT molecular complexity index is 1160. The minimum atomic E-state index is -0.668. The molecular formula is C22H21F2N7O. The molecule has 3 N–H and O–H groups in total. The predicted molar refractivity (Wildman–Crippen MR) is 113 cm³/mol. The maximum Gasteiger partial charge on any atom is 0.254 e. The van der Waals surface area contributed by atoms with Gasteiger partial charge in [0, 0.05) is 43.3 Å². The average Bonchev–Trinajstić information content (AvgIpc) is 3.20. The van der Waals surface area contributed by atoms with Gasteiger partial charge in [-0.2, -0.15) is 14.8 Å². The topological polar surface area (TPSA) is 113 Å². The summed E-state index contributed by atoms with van der Waals surface area (Å²) in [6.45, 7) is 1.39. The number of nitrogens with two attached hydrogens (primary N) is 1. The number of hydrogen-bond donors (Lipinski definition) is 2. The van der Waals surface area contributed by atoms with Crippen molar-refractivity contribution in [3.05, 3.63) is 71.7 Å². The molecule has 8 nitrogen and oxygen atoms in total. The van der Waals surface area contributed by atoms with Gasteiger partial charge >= 0.3 is 0 Å². The van der Waals surface area contributed by atoms with Crippen molar-refractivity contribution in [2.75, 3.05) is 18.4 Å². The molecule has 10 heteroatoms. The van der Waals surface area contributed by atoms with Gasteiger partial charge in [0.25, 0.3) is 5.91 Å². The molecule has 2 aromatic heterocycles. The van der Waals surface area contributed by atoms with E-state index in [1.54, 1.807) is 16.8 Å². The number of hydrogen-bond acceptors (Lipinski definition) is 6. The van der Waals surface area contributed by atoms with Gasteiger partial charge in [-0.25, -0.2) is 9.37 Å². The average molecular weight is 437 g/mol. The fourth-order valence-electron chi connectivity index (χ4n) is 3.88. The zero-order valence-electron chi connectivity index (χ0n) is 17.1. The summed E-state index contributed by atoms with van der Waals surface area (Å²) in [5.74, 6) is -1.76. The molecule has 0 aliphatic carbocycles. The minimum Gasteiger partial charge on any atom is -0.365 e. The number of amides is 1. The molecule has 1 aliphatic heterocycles. The Morgan fingerprint density at radius 2 is 2.06 bits per heavy atom. The quantitative estimate of drug-likeness (QED) is 0.574. The highest BCUT2D eigenvalue weighted by molar-refractivity contribution is 5.98. The van der Waals surface area contributed by atoms with E-state index >= 15 is 0 Å². The lowest BCUT2D eigenvalue weighted by Gasteiger charge is -2.35. The first kappa shape index (κ1) is 21.4. The number of benzene rings is 1. The Labute approximate surface area is 183 Å². The first-order valence-electron chi connectivity index (χ1n) is 10.1. The SMILES string of the molecule is N#C[C@H]1CN(Cc2cccnc2F)CC[C@H]1n1cc(C(N)=O)c(Nc2ccc(F)cc2)n1. The summed E-state index contributed by atoms with van der Waals surface area (Å²) in [4.78, 5) is 17.6. The fourth-order valence-corrected chi connectivity index (χ4v) is 3.88. The molecule has 3 aromatic rings. The van der Waals surface area contributed by atoms with Gasteiger partial charge in [0.1, 0.15) is 11.4 Å². The molecule has 1 saturated heterocycles. The number of nitrogens with zero attached hydrogens (tertiary/aromatic N) is 5. The van der Waals surface area contributed by atoms with Crippen molar-refractivity contribution in [2.45, 2.75) is 19.0 Å². The number of halogens is 2. The number of nitrogens with one attached hydrogen (secondary N) is 1. The van der Waals surface area contributed by atoms with Crippen LogP contribution in [0.1, 0.15) is 28.4 Å². The van der Waals surface area contributed by atoms with Gasteiger partial charge in [0.15, 0.2) is 5.82 Å². The van der Waals surface area contributed by atoms with Crippen LogP contribution >= 0.6 is 0 Å².